The minimum Gasteiger partial charge on any atom is -0.354 e. The lowest BCUT2D eigenvalue weighted by Gasteiger charge is -2.33. The summed E-state index contributed by atoms with van der Waals surface area (Å²) in [6.07, 6.45) is 4.60. The fourth-order valence-electron chi connectivity index (χ4n) is 4.49. The third kappa shape index (κ3) is 5.93. The molecule has 6 heteroatoms. The number of benzene rings is 2. The zero-order chi connectivity index (χ0) is 23.9. The Balaban J connectivity index is 1.39. The number of amides is 1. The van der Waals surface area contributed by atoms with Gasteiger partial charge in [-0.2, -0.15) is 4.68 Å². The number of aromatic nitrogens is 2. The molecule has 0 saturated carbocycles. The molecule has 2 aromatic carbocycles. The summed E-state index contributed by atoms with van der Waals surface area (Å²) in [4.78, 5) is 27.6. The topological polar surface area (TPSA) is 67.2 Å². The van der Waals surface area contributed by atoms with Crippen LogP contribution < -0.4 is 15.8 Å². The van der Waals surface area contributed by atoms with E-state index in [4.69, 9.17) is 0 Å². The Labute approximate surface area is 201 Å². The quantitative estimate of drug-likeness (QED) is 0.551. The molecule has 0 aliphatic carbocycles. The molecule has 2 heterocycles. The Kier molecular flexibility index (Phi) is 7.78. The predicted molar refractivity (Wildman–Crippen MR) is 137 cm³/mol. The zero-order valence-electron chi connectivity index (χ0n) is 20.1. The summed E-state index contributed by atoms with van der Waals surface area (Å²) in [5, 5.41) is 7.85. The molecule has 1 amide bonds. The molecule has 1 aliphatic rings. The maximum atomic E-state index is 13.0. The van der Waals surface area contributed by atoms with Crippen LogP contribution >= 0.6 is 0 Å². The van der Waals surface area contributed by atoms with Crippen molar-refractivity contribution in [2.24, 2.45) is 5.92 Å². The van der Waals surface area contributed by atoms with E-state index in [-0.39, 0.29) is 23.4 Å². The molecule has 0 radical (unpaired) electrons. The number of nitrogens with zero attached hydrogens (tertiary/aromatic N) is 3. The Hall–Kier alpha value is -3.41. The van der Waals surface area contributed by atoms with Crippen LogP contribution in [-0.2, 0) is 17.6 Å². The monoisotopic (exact) mass is 458 g/mol. The summed E-state index contributed by atoms with van der Waals surface area (Å²) in [6.45, 7) is 5.61. The Bertz CT molecular complexity index is 1140. The molecule has 0 unspecified atom stereocenters. The average molecular weight is 459 g/mol. The fourth-order valence-corrected chi connectivity index (χ4v) is 4.49. The van der Waals surface area contributed by atoms with Crippen LogP contribution in [0.1, 0.15) is 44.2 Å². The molecule has 1 saturated heterocycles. The number of piperidine rings is 1. The second-order valence-corrected chi connectivity index (χ2v) is 9.18. The Morgan fingerprint density at radius 3 is 2.56 bits per heavy atom. The summed E-state index contributed by atoms with van der Waals surface area (Å²) in [5.74, 6) is 0.751. The van der Waals surface area contributed by atoms with Gasteiger partial charge in [0.25, 0.3) is 5.56 Å². The van der Waals surface area contributed by atoms with Crippen LogP contribution in [0.2, 0.25) is 0 Å². The van der Waals surface area contributed by atoms with Gasteiger partial charge in [0, 0.05) is 25.2 Å². The number of hydrogen-bond acceptors (Lipinski definition) is 4. The van der Waals surface area contributed by atoms with Gasteiger partial charge in [0.05, 0.1) is 11.6 Å². The van der Waals surface area contributed by atoms with Gasteiger partial charge < -0.3 is 10.2 Å². The highest BCUT2D eigenvalue weighted by Crippen LogP contribution is 2.22. The van der Waals surface area contributed by atoms with Crippen molar-refractivity contribution in [1.82, 2.24) is 15.1 Å². The van der Waals surface area contributed by atoms with Crippen molar-refractivity contribution < 1.29 is 4.79 Å². The first-order valence-corrected chi connectivity index (χ1v) is 12.3. The van der Waals surface area contributed by atoms with Crippen molar-refractivity contribution in [3.8, 4) is 5.69 Å². The number of aryl methyl sites for hydroxylation is 2. The van der Waals surface area contributed by atoms with Gasteiger partial charge in [-0.15, -0.1) is 5.10 Å². The highest BCUT2D eigenvalue weighted by Gasteiger charge is 2.27. The minimum absolute atomic E-state index is 0.0843. The predicted octanol–water partition coefficient (Wildman–Crippen LogP) is 4.15. The largest absolute Gasteiger partial charge is 0.354 e. The first-order valence-electron chi connectivity index (χ1n) is 12.3. The third-order valence-corrected chi connectivity index (χ3v) is 6.59. The van der Waals surface area contributed by atoms with E-state index >= 15 is 0 Å². The highest BCUT2D eigenvalue weighted by molar-refractivity contribution is 5.79. The van der Waals surface area contributed by atoms with Gasteiger partial charge in [-0.05, 0) is 68.4 Å². The summed E-state index contributed by atoms with van der Waals surface area (Å²) >= 11 is 0. The van der Waals surface area contributed by atoms with E-state index in [1.165, 1.54) is 15.8 Å². The smallest absolute Gasteiger partial charge is 0.271 e. The van der Waals surface area contributed by atoms with E-state index in [9.17, 15) is 9.59 Å². The Morgan fingerprint density at radius 1 is 1.06 bits per heavy atom. The van der Waals surface area contributed by atoms with Crippen LogP contribution in [0, 0.1) is 5.92 Å². The second-order valence-electron chi connectivity index (χ2n) is 9.18. The van der Waals surface area contributed by atoms with Crippen molar-refractivity contribution in [2.75, 3.05) is 18.0 Å². The van der Waals surface area contributed by atoms with Crippen molar-refractivity contribution in [2.45, 2.75) is 52.0 Å². The molecule has 34 heavy (non-hydrogen) atoms. The van der Waals surface area contributed by atoms with E-state index in [0.29, 0.717) is 6.54 Å². The molecule has 1 aromatic heterocycles. The summed E-state index contributed by atoms with van der Waals surface area (Å²) < 4.78 is 1.45. The van der Waals surface area contributed by atoms with Crippen molar-refractivity contribution >= 4 is 11.7 Å². The third-order valence-electron chi connectivity index (χ3n) is 6.59. The Morgan fingerprint density at radius 2 is 1.82 bits per heavy atom. The van der Waals surface area contributed by atoms with Crippen molar-refractivity contribution in [3.05, 3.63) is 88.2 Å². The standard InChI is InChI=1S/C28H34N4O2/c1-3-22-13-15-25(16-14-22)32-27(33)18-17-26(30-32)31-19-7-10-24(20-31)28(34)29-21(2)11-12-23-8-5-4-6-9-23/h4-6,8-9,13-18,21,24H,3,7,10-12,19-20H2,1-2H3,(H,29,34)/t21-,24-/m1/s1. The van der Waals surface area contributed by atoms with Gasteiger partial charge in [-0.3, -0.25) is 9.59 Å². The maximum absolute atomic E-state index is 13.0. The van der Waals surface area contributed by atoms with E-state index in [0.717, 1.165) is 50.2 Å². The van der Waals surface area contributed by atoms with E-state index in [1.54, 1.807) is 12.1 Å². The molecule has 3 aromatic rings. The van der Waals surface area contributed by atoms with Crippen LogP contribution in [0.15, 0.2) is 71.5 Å². The van der Waals surface area contributed by atoms with Gasteiger partial charge in [0.15, 0.2) is 0 Å². The number of carbonyl (C=O) groups excluding carboxylic acids is 1. The van der Waals surface area contributed by atoms with E-state index in [2.05, 4.69) is 41.3 Å². The molecule has 2 atom stereocenters. The molecule has 1 N–H and O–H groups in total. The SMILES string of the molecule is CCc1ccc(-n2nc(N3CCC[C@@H](C(=O)N[C@H](C)CCc4ccccc4)C3)ccc2=O)cc1. The molecule has 1 fully saturated rings. The van der Waals surface area contributed by atoms with Crippen LogP contribution in [0.5, 0.6) is 0 Å². The second kappa shape index (κ2) is 11.1. The minimum atomic E-state index is -0.161. The molecular formula is C28H34N4O2. The lowest BCUT2D eigenvalue weighted by atomic mass is 9.96. The molecule has 0 spiro atoms. The van der Waals surface area contributed by atoms with Crippen LogP contribution in [0.3, 0.4) is 0 Å². The van der Waals surface area contributed by atoms with Gasteiger partial charge in [-0.1, -0.05) is 49.4 Å². The number of carbonyl (C=O) groups is 1. The molecule has 1 aliphatic heterocycles. The first kappa shape index (κ1) is 23.7. The van der Waals surface area contributed by atoms with Crippen molar-refractivity contribution in [1.29, 1.82) is 0 Å². The summed E-state index contributed by atoms with van der Waals surface area (Å²) in [7, 11) is 0. The van der Waals surface area contributed by atoms with E-state index in [1.807, 2.05) is 42.5 Å². The summed E-state index contributed by atoms with van der Waals surface area (Å²) in [6, 6.07) is 21.7. The van der Waals surface area contributed by atoms with Crippen LogP contribution in [0.4, 0.5) is 5.82 Å². The lowest BCUT2D eigenvalue weighted by molar-refractivity contribution is -0.125. The normalized spacial score (nSPS) is 16.8. The number of rotatable bonds is 8. The molecule has 6 nitrogen and oxygen atoms in total. The summed E-state index contributed by atoms with van der Waals surface area (Å²) in [5.41, 5.74) is 3.10. The average Bonchev–Trinajstić information content (AvgIpc) is 2.88. The maximum Gasteiger partial charge on any atom is 0.271 e. The van der Waals surface area contributed by atoms with Crippen molar-refractivity contribution in [3.63, 3.8) is 0 Å². The number of anilines is 1. The number of hydrogen-bond donors (Lipinski definition) is 1. The molecule has 178 valence electrons. The van der Waals surface area contributed by atoms with Gasteiger partial charge in [-0.25, -0.2) is 0 Å². The lowest BCUT2D eigenvalue weighted by Crippen LogP contribution is -2.46. The van der Waals surface area contributed by atoms with Gasteiger partial charge in [0.2, 0.25) is 5.91 Å². The molecular weight excluding hydrogens is 424 g/mol. The van der Waals surface area contributed by atoms with Crippen LogP contribution in [0.25, 0.3) is 5.69 Å². The van der Waals surface area contributed by atoms with E-state index < -0.39 is 0 Å². The molecule has 0 bridgehead atoms. The highest BCUT2D eigenvalue weighted by atomic mass is 16.2. The zero-order valence-corrected chi connectivity index (χ0v) is 20.1. The molecule has 4 rings (SSSR count). The number of nitrogens with one attached hydrogen (secondary N) is 1. The first-order chi connectivity index (χ1) is 16.5. The fraction of sp³-hybridized carbons (Fsp3) is 0.393. The van der Waals surface area contributed by atoms with Gasteiger partial charge in [0.1, 0.15) is 5.82 Å². The van der Waals surface area contributed by atoms with Gasteiger partial charge >= 0.3 is 0 Å². The van der Waals surface area contributed by atoms with Crippen LogP contribution in [-0.4, -0.2) is 34.8 Å².